The SMILES string of the molecule is C[C@H]1CN(c2nc(Cc3ccc(F)cc3)ns2)CCN1C(=O)CCc1ccccc1. The number of hydrogen-bond donors (Lipinski definition) is 0. The Hall–Kier alpha value is -2.80. The van der Waals surface area contributed by atoms with E-state index in [2.05, 4.69) is 33.3 Å². The maximum Gasteiger partial charge on any atom is 0.223 e. The zero-order chi connectivity index (χ0) is 20.9. The number of aromatic nitrogens is 2. The predicted molar refractivity (Wildman–Crippen MR) is 117 cm³/mol. The number of nitrogens with zero attached hydrogens (tertiary/aromatic N) is 4. The number of amides is 1. The van der Waals surface area contributed by atoms with Gasteiger partial charge in [0.1, 0.15) is 11.6 Å². The Morgan fingerprint density at radius 3 is 2.60 bits per heavy atom. The highest BCUT2D eigenvalue weighted by atomic mass is 32.1. The van der Waals surface area contributed by atoms with Crippen molar-refractivity contribution in [3.63, 3.8) is 0 Å². The molecule has 0 N–H and O–H groups in total. The van der Waals surface area contributed by atoms with Crippen LogP contribution in [0.15, 0.2) is 54.6 Å². The number of anilines is 1. The number of hydrogen-bond acceptors (Lipinski definition) is 5. The molecule has 0 bridgehead atoms. The van der Waals surface area contributed by atoms with E-state index >= 15 is 0 Å². The van der Waals surface area contributed by atoms with Crippen LogP contribution in [-0.2, 0) is 17.6 Å². The Morgan fingerprint density at radius 1 is 1.10 bits per heavy atom. The molecule has 2 aromatic carbocycles. The summed E-state index contributed by atoms with van der Waals surface area (Å²) in [5.74, 6) is 0.715. The average molecular weight is 425 g/mol. The molecular weight excluding hydrogens is 399 g/mol. The molecule has 0 radical (unpaired) electrons. The zero-order valence-electron chi connectivity index (χ0n) is 17.0. The predicted octanol–water partition coefficient (Wildman–Crippen LogP) is 3.94. The average Bonchev–Trinajstić information content (AvgIpc) is 3.23. The number of carbonyl (C=O) groups is 1. The number of halogens is 1. The molecule has 156 valence electrons. The smallest absolute Gasteiger partial charge is 0.223 e. The van der Waals surface area contributed by atoms with E-state index in [1.807, 2.05) is 23.1 Å². The minimum atomic E-state index is -0.240. The second-order valence-corrected chi connectivity index (χ2v) is 8.39. The third kappa shape index (κ3) is 5.02. The lowest BCUT2D eigenvalue weighted by Gasteiger charge is -2.39. The molecule has 4 rings (SSSR count). The summed E-state index contributed by atoms with van der Waals surface area (Å²) in [5.41, 5.74) is 2.18. The molecule has 3 aromatic rings. The van der Waals surface area contributed by atoms with E-state index in [-0.39, 0.29) is 17.8 Å². The van der Waals surface area contributed by atoms with Crippen LogP contribution in [0, 0.1) is 5.82 Å². The van der Waals surface area contributed by atoms with Crippen molar-refractivity contribution in [1.82, 2.24) is 14.3 Å². The molecule has 0 aliphatic carbocycles. The third-order valence-electron chi connectivity index (χ3n) is 5.42. The lowest BCUT2D eigenvalue weighted by Crippen LogP contribution is -2.54. The molecule has 0 unspecified atom stereocenters. The van der Waals surface area contributed by atoms with Crippen LogP contribution in [0.2, 0.25) is 0 Å². The van der Waals surface area contributed by atoms with Gasteiger partial charge < -0.3 is 9.80 Å². The Kier molecular flexibility index (Phi) is 6.38. The van der Waals surface area contributed by atoms with E-state index < -0.39 is 0 Å². The highest BCUT2D eigenvalue weighted by Gasteiger charge is 2.28. The lowest BCUT2D eigenvalue weighted by molar-refractivity contribution is -0.133. The van der Waals surface area contributed by atoms with Crippen LogP contribution in [0.5, 0.6) is 0 Å². The third-order valence-corrected chi connectivity index (χ3v) is 6.24. The standard InChI is InChI=1S/C23H25FN4OS/c1-17-16-27(13-14-28(17)22(29)12-9-18-5-3-2-4-6-18)23-25-21(26-30-23)15-19-7-10-20(24)11-8-19/h2-8,10-11,17H,9,12-16H2,1H3/t17-/m0/s1. The van der Waals surface area contributed by atoms with Crippen molar-refractivity contribution >= 4 is 22.6 Å². The number of benzene rings is 2. The molecule has 30 heavy (non-hydrogen) atoms. The molecule has 0 saturated carbocycles. The van der Waals surface area contributed by atoms with Crippen molar-refractivity contribution in [2.24, 2.45) is 0 Å². The summed E-state index contributed by atoms with van der Waals surface area (Å²) < 4.78 is 17.5. The van der Waals surface area contributed by atoms with E-state index in [0.29, 0.717) is 19.4 Å². The van der Waals surface area contributed by atoms with Crippen molar-refractivity contribution in [3.05, 3.63) is 77.4 Å². The summed E-state index contributed by atoms with van der Waals surface area (Å²) in [7, 11) is 0. The fraction of sp³-hybridized carbons (Fsp3) is 0.348. The summed E-state index contributed by atoms with van der Waals surface area (Å²) in [6.45, 7) is 4.30. The van der Waals surface area contributed by atoms with Crippen LogP contribution in [0.1, 0.15) is 30.3 Å². The van der Waals surface area contributed by atoms with Gasteiger partial charge in [-0.25, -0.2) is 9.37 Å². The minimum absolute atomic E-state index is 0.131. The van der Waals surface area contributed by atoms with Crippen LogP contribution < -0.4 is 4.90 Å². The van der Waals surface area contributed by atoms with E-state index in [0.717, 1.165) is 36.0 Å². The zero-order valence-corrected chi connectivity index (χ0v) is 17.8. The second kappa shape index (κ2) is 9.34. The van der Waals surface area contributed by atoms with E-state index in [9.17, 15) is 9.18 Å². The second-order valence-electron chi connectivity index (χ2n) is 7.66. The van der Waals surface area contributed by atoms with Crippen molar-refractivity contribution < 1.29 is 9.18 Å². The van der Waals surface area contributed by atoms with Gasteiger partial charge >= 0.3 is 0 Å². The summed E-state index contributed by atoms with van der Waals surface area (Å²) in [4.78, 5) is 21.6. The van der Waals surface area contributed by atoms with Crippen LogP contribution in [-0.4, -0.2) is 45.8 Å². The molecule has 1 atom stereocenters. The van der Waals surface area contributed by atoms with Gasteiger partial charge in [0.15, 0.2) is 0 Å². The van der Waals surface area contributed by atoms with Gasteiger partial charge in [-0.3, -0.25) is 4.79 Å². The Balaban J connectivity index is 1.31. The van der Waals surface area contributed by atoms with Gasteiger partial charge in [0.25, 0.3) is 0 Å². The first kappa shape index (κ1) is 20.5. The number of aryl methyl sites for hydroxylation is 1. The quantitative estimate of drug-likeness (QED) is 0.602. The minimum Gasteiger partial charge on any atom is -0.343 e. The molecule has 2 heterocycles. The van der Waals surface area contributed by atoms with Gasteiger partial charge in [-0.05, 0) is 36.6 Å². The topological polar surface area (TPSA) is 49.3 Å². The highest BCUT2D eigenvalue weighted by molar-refractivity contribution is 7.09. The number of rotatable bonds is 6. The Labute approximate surface area is 180 Å². The molecule has 1 aliphatic rings. The fourth-order valence-corrected chi connectivity index (χ4v) is 4.49. The van der Waals surface area contributed by atoms with Gasteiger partial charge in [-0.15, -0.1) is 0 Å². The first-order chi connectivity index (χ1) is 14.6. The first-order valence-corrected chi connectivity index (χ1v) is 11.0. The molecular formula is C23H25FN4OS. The van der Waals surface area contributed by atoms with Crippen molar-refractivity contribution in [2.45, 2.75) is 32.2 Å². The Bertz CT molecular complexity index is 976. The van der Waals surface area contributed by atoms with Gasteiger partial charge in [0.2, 0.25) is 11.0 Å². The molecule has 1 fully saturated rings. The maximum absolute atomic E-state index is 13.1. The summed E-state index contributed by atoms with van der Waals surface area (Å²) >= 11 is 1.38. The van der Waals surface area contributed by atoms with E-state index in [1.165, 1.54) is 29.2 Å². The molecule has 5 nitrogen and oxygen atoms in total. The number of carbonyl (C=O) groups excluding carboxylic acids is 1. The molecule has 1 saturated heterocycles. The molecule has 7 heteroatoms. The summed E-state index contributed by atoms with van der Waals surface area (Å²) in [6, 6.07) is 16.7. The highest BCUT2D eigenvalue weighted by Crippen LogP contribution is 2.23. The number of piperazine rings is 1. The maximum atomic E-state index is 13.1. The largest absolute Gasteiger partial charge is 0.343 e. The molecule has 1 aliphatic heterocycles. The fourth-order valence-electron chi connectivity index (χ4n) is 3.77. The van der Waals surface area contributed by atoms with Gasteiger partial charge in [-0.1, -0.05) is 42.5 Å². The van der Waals surface area contributed by atoms with Crippen LogP contribution in [0.3, 0.4) is 0 Å². The van der Waals surface area contributed by atoms with E-state index in [4.69, 9.17) is 0 Å². The van der Waals surface area contributed by atoms with E-state index in [1.54, 1.807) is 12.1 Å². The molecule has 1 amide bonds. The molecule has 1 aromatic heterocycles. The van der Waals surface area contributed by atoms with Gasteiger partial charge in [0.05, 0.1) is 0 Å². The van der Waals surface area contributed by atoms with Crippen LogP contribution in [0.25, 0.3) is 0 Å². The van der Waals surface area contributed by atoms with Crippen LogP contribution in [0.4, 0.5) is 9.52 Å². The molecule has 0 spiro atoms. The van der Waals surface area contributed by atoms with Crippen molar-refractivity contribution in [2.75, 3.05) is 24.5 Å². The van der Waals surface area contributed by atoms with Crippen molar-refractivity contribution in [1.29, 1.82) is 0 Å². The monoisotopic (exact) mass is 424 g/mol. The van der Waals surface area contributed by atoms with Gasteiger partial charge in [0, 0.05) is 50.1 Å². The van der Waals surface area contributed by atoms with Crippen LogP contribution >= 0.6 is 11.5 Å². The normalized spacial score (nSPS) is 16.7. The van der Waals surface area contributed by atoms with Crippen molar-refractivity contribution in [3.8, 4) is 0 Å². The summed E-state index contributed by atoms with van der Waals surface area (Å²) in [5, 5.41) is 0.885. The summed E-state index contributed by atoms with van der Waals surface area (Å²) in [6.07, 6.45) is 1.90. The first-order valence-electron chi connectivity index (χ1n) is 10.2. The lowest BCUT2D eigenvalue weighted by atomic mass is 10.1. The van der Waals surface area contributed by atoms with Gasteiger partial charge in [-0.2, -0.15) is 4.37 Å². The Morgan fingerprint density at radius 2 is 1.87 bits per heavy atom.